The maximum Gasteiger partial charge on any atom is 0.0402 e. The van der Waals surface area contributed by atoms with Gasteiger partial charge < -0.3 is 0 Å². The van der Waals surface area contributed by atoms with Crippen molar-refractivity contribution >= 4 is 74.9 Å². The molecule has 114 valence electrons. The van der Waals surface area contributed by atoms with Gasteiger partial charge in [-0.25, -0.2) is 0 Å². The molecule has 0 aliphatic rings. The molecule has 0 saturated heterocycles. The lowest BCUT2D eigenvalue weighted by Gasteiger charge is -2.12. The molecule has 0 saturated carbocycles. The van der Waals surface area contributed by atoms with Crippen LogP contribution in [0.15, 0.2) is 81.7 Å². The van der Waals surface area contributed by atoms with E-state index in [2.05, 4.69) is 105 Å². The van der Waals surface area contributed by atoms with Gasteiger partial charge in [-0.1, -0.05) is 48.5 Å². The molecule has 0 N–H and O–H groups in total. The largest absolute Gasteiger partial charge is 0.0616 e. The standard InChI is InChI=1S/C22H12Br2/c23-21-19-11-15-7-3-1-5-13(15)9-17(19)18-10-14-6-2-4-8-16(14)12-20(18)22(21)24/h1-12H. The molecule has 0 fully saturated rings. The molecule has 0 atom stereocenters. The molecule has 0 unspecified atom stereocenters. The minimum absolute atomic E-state index is 1.12. The van der Waals surface area contributed by atoms with Crippen LogP contribution in [0.5, 0.6) is 0 Å². The van der Waals surface area contributed by atoms with Crippen LogP contribution in [0.4, 0.5) is 0 Å². The van der Waals surface area contributed by atoms with Crippen molar-refractivity contribution in [2.75, 3.05) is 0 Å². The first kappa shape index (κ1) is 14.4. The molecular weight excluding hydrogens is 424 g/mol. The van der Waals surface area contributed by atoms with Crippen molar-refractivity contribution in [3.05, 3.63) is 81.7 Å². The zero-order chi connectivity index (χ0) is 16.3. The van der Waals surface area contributed by atoms with E-state index in [0.717, 1.165) is 8.95 Å². The average Bonchev–Trinajstić information content (AvgIpc) is 2.64. The molecule has 0 heterocycles. The maximum absolute atomic E-state index is 3.80. The van der Waals surface area contributed by atoms with E-state index in [1.807, 2.05) is 0 Å². The van der Waals surface area contributed by atoms with Gasteiger partial charge in [0.2, 0.25) is 0 Å². The molecule has 0 aromatic heterocycles. The molecule has 0 nitrogen and oxygen atoms in total. The highest BCUT2D eigenvalue weighted by atomic mass is 79.9. The van der Waals surface area contributed by atoms with Crippen LogP contribution < -0.4 is 0 Å². The van der Waals surface area contributed by atoms with Crippen LogP contribution in [0.25, 0.3) is 43.1 Å². The maximum atomic E-state index is 3.80. The monoisotopic (exact) mass is 434 g/mol. The van der Waals surface area contributed by atoms with Crippen molar-refractivity contribution in [3.63, 3.8) is 0 Å². The lowest BCUT2D eigenvalue weighted by atomic mass is 9.96. The Morgan fingerprint density at radius 3 is 1.04 bits per heavy atom. The lowest BCUT2D eigenvalue weighted by molar-refractivity contribution is 1.72. The number of halogens is 2. The van der Waals surface area contributed by atoms with Gasteiger partial charge in [-0.05, 0) is 99.2 Å². The molecule has 0 aliphatic carbocycles. The molecular formula is C22H12Br2. The summed E-state index contributed by atoms with van der Waals surface area (Å²) in [6, 6.07) is 26.2. The van der Waals surface area contributed by atoms with E-state index in [1.165, 1.54) is 43.1 Å². The number of rotatable bonds is 0. The van der Waals surface area contributed by atoms with Gasteiger partial charge in [0.05, 0.1) is 0 Å². The Morgan fingerprint density at radius 1 is 0.417 bits per heavy atom. The minimum Gasteiger partial charge on any atom is -0.0616 e. The lowest BCUT2D eigenvalue weighted by Crippen LogP contribution is -1.85. The van der Waals surface area contributed by atoms with E-state index in [0.29, 0.717) is 0 Å². The summed E-state index contributed by atoms with van der Waals surface area (Å²) in [5.74, 6) is 0. The molecule has 5 aromatic rings. The first-order valence-electron chi connectivity index (χ1n) is 7.84. The van der Waals surface area contributed by atoms with E-state index < -0.39 is 0 Å². The van der Waals surface area contributed by atoms with Gasteiger partial charge in [-0.3, -0.25) is 0 Å². The molecule has 5 rings (SSSR count). The Kier molecular flexibility index (Phi) is 3.19. The molecule has 0 bridgehead atoms. The molecule has 0 radical (unpaired) electrons. The summed E-state index contributed by atoms with van der Waals surface area (Å²) in [5, 5.41) is 10.1. The molecule has 0 amide bonds. The Bertz CT molecular complexity index is 1170. The molecule has 24 heavy (non-hydrogen) atoms. The molecule has 2 heteroatoms. The normalized spacial score (nSPS) is 11.8. The highest BCUT2D eigenvalue weighted by Gasteiger charge is 2.12. The number of hydrogen-bond donors (Lipinski definition) is 0. The Balaban J connectivity index is 2.08. The number of fused-ring (bicyclic) bond motifs is 5. The second kappa shape index (κ2) is 5.30. The Morgan fingerprint density at radius 2 is 0.708 bits per heavy atom. The second-order valence-electron chi connectivity index (χ2n) is 6.12. The fourth-order valence-corrected chi connectivity index (χ4v) is 4.61. The minimum atomic E-state index is 1.12. The Labute approximate surface area is 156 Å². The summed E-state index contributed by atoms with van der Waals surface area (Å²) in [4.78, 5) is 0. The van der Waals surface area contributed by atoms with E-state index in [4.69, 9.17) is 0 Å². The zero-order valence-electron chi connectivity index (χ0n) is 12.7. The van der Waals surface area contributed by atoms with E-state index in [-0.39, 0.29) is 0 Å². The predicted octanol–water partition coefficient (Wildman–Crippen LogP) is 7.82. The van der Waals surface area contributed by atoms with Crippen molar-refractivity contribution < 1.29 is 0 Å². The fourth-order valence-electron chi connectivity index (χ4n) is 3.53. The summed E-state index contributed by atoms with van der Waals surface area (Å²) in [7, 11) is 0. The van der Waals surface area contributed by atoms with Crippen molar-refractivity contribution in [3.8, 4) is 0 Å². The van der Waals surface area contributed by atoms with Gasteiger partial charge in [-0.2, -0.15) is 0 Å². The van der Waals surface area contributed by atoms with Gasteiger partial charge in [-0.15, -0.1) is 0 Å². The van der Waals surface area contributed by atoms with Gasteiger partial charge in [0, 0.05) is 8.95 Å². The van der Waals surface area contributed by atoms with E-state index in [9.17, 15) is 0 Å². The smallest absolute Gasteiger partial charge is 0.0402 e. The van der Waals surface area contributed by atoms with Crippen LogP contribution in [0, 0.1) is 0 Å². The summed E-state index contributed by atoms with van der Waals surface area (Å²) in [5.41, 5.74) is 0. The van der Waals surface area contributed by atoms with Crippen molar-refractivity contribution in [1.82, 2.24) is 0 Å². The first-order chi connectivity index (χ1) is 11.7. The SMILES string of the molecule is Brc1c(Br)c2cc3ccccc3cc2c2cc3ccccc3cc12. The highest BCUT2D eigenvalue weighted by Crippen LogP contribution is 2.42. The number of benzene rings is 5. The second-order valence-corrected chi connectivity index (χ2v) is 7.70. The van der Waals surface area contributed by atoms with Gasteiger partial charge in [0.15, 0.2) is 0 Å². The predicted molar refractivity (Wildman–Crippen MR) is 112 cm³/mol. The molecule has 0 aliphatic heterocycles. The van der Waals surface area contributed by atoms with Gasteiger partial charge >= 0.3 is 0 Å². The van der Waals surface area contributed by atoms with E-state index >= 15 is 0 Å². The quantitative estimate of drug-likeness (QED) is 0.172. The summed E-state index contributed by atoms with van der Waals surface area (Å²) in [6.07, 6.45) is 0. The van der Waals surface area contributed by atoms with Crippen LogP contribution in [0.1, 0.15) is 0 Å². The van der Waals surface area contributed by atoms with Crippen molar-refractivity contribution in [2.45, 2.75) is 0 Å². The summed E-state index contributed by atoms with van der Waals surface area (Å²) >= 11 is 7.61. The molecule has 0 spiro atoms. The van der Waals surface area contributed by atoms with Crippen LogP contribution in [-0.4, -0.2) is 0 Å². The van der Waals surface area contributed by atoms with Gasteiger partial charge in [0.25, 0.3) is 0 Å². The third-order valence-electron chi connectivity index (χ3n) is 4.73. The first-order valence-corrected chi connectivity index (χ1v) is 9.43. The fraction of sp³-hybridized carbons (Fsp3) is 0. The zero-order valence-corrected chi connectivity index (χ0v) is 15.9. The summed E-state index contributed by atoms with van der Waals surface area (Å²) < 4.78 is 2.23. The third-order valence-corrected chi connectivity index (χ3v) is 6.91. The number of hydrogen-bond acceptors (Lipinski definition) is 0. The van der Waals surface area contributed by atoms with Crippen LogP contribution in [0.2, 0.25) is 0 Å². The van der Waals surface area contributed by atoms with Crippen molar-refractivity contribution in [2.24, 2.45) is 0 Å². The van der Waals surface area contributed by atoms with Crippen molar-refractivity contribution in [1.29, 1.82) is 0 Å². The van der Waals surface area contributed by atoms with Crippen LogP contribution in [0.3, 0.4) is 0 Å². The van der Waals surface area contributed by atoms with Crippen LogP contribution in [-0.2, 0) is 0 Å². The highest BCUT2D eigenvalue weighted by molar-refractivity contribution is 9.13. The summed E-state index contributed by atoms with van der Waals surface area (Å²) in [6.45, 7) is 0. The Hall–Kier alpha value is -1.90. The van der Waals surface area contributed by atoms with Gasteiger partial charge in [0.1, 0.15) is 0 Å². The van der Waals surface area contributed by atoms with Crippen LogP contribution >= 0.6 is 31.9 Å². The third kappa shape index (κ3) is 2.03. The average molecular weight is 436 g/mol. The molecule has 5 aromatic carbocycles. The topological polar surface area (TPSA) is 0 Å². The van der Waals surface area contributed by atoms with E-state index in [1.54, 1.807) is 0 Å².